The highest BCUT2D eigenvalue weighted by atomic mass is 16.4. The number of carbonyl (C=O) groups is 2. The van der Waals surface area contributed by atoms with Crippen molar-refractivity contribution in [3.63, 3.8) is 0 Å². The predicted octanol–water partition coefficient (Wildman–Crippen LogP) is 1.53. The summed E-state index contributed by atoms with van der Waals surface area (Å²) in [4.78, 5) is 22.5. The van der Waals surface area contributed by atoms with E-state index in [0.717, 1.165) is 0 Å². The molecule has 5 nitrogen and oxygen atoms in total. The molecule has 1 aromatic carbocycles. The molecule has 1 atom stereocenters. The SMILES string of the molecule is CCC1Nc2c(cccc2C(=O)O)NC1=O. The summed E-state index contributed by atoms with van der Waals surface area (Å²) in [5.41, 5.74) is 1.19. The fourth-order valence-corrected chi connectivity index (χ4v) is 1.74. The molecule has 0 saturated heterocycles. The molecule has 1 aromatic rings. The number of anilines is 2. The van der Waals surface area contributed by atoms with Crippen molar-refractivity contribution in [1.82, 2.24) is 0 Å². The number of fused-ring (bicyclic) bond motifs is 1. The monoisotopic (exact) mass is 220 g/mol. The average molecular weight is 220 g/mol. The smallest absolute Gasteiger partial charge is 0.337 e. The largest absolute Gasteiger partial charge is 0.478 e. The first-order valence-electron chi connectivity index (χ1n) is 5.07. The van der Waals surface area contributed by atoms with Gasteiger partial charge in [0.1, 0.15) is 6.04 Å². The van der Waals surface area contributed by atoms with Gasteiger partial charge in [0.2, 0.25) is 5.91 Å². The zero-order valence-corrected chi connectivity index (χ0v) is 8.78. The highest BCUT2D eigenvalue weighted by Crippen LogP contribution is 2.30. The summed E-state index contributed by atoms with van der Waals surface area (Å²) in [7, 11) is 0. The minimum atomic E-state index is -1.00. The number of carboxylic acids is 1. The number of para-hydroxylation sites is 1. The molecule has 3 N–H and O–H groups in total. The molecule has 1 amide bonds. The van der Waals surface area contributed by atoms with Gasteiger partial charge in [0, 0.05) is 0 Å². The Morgan fingerprint density at radius 2 is 2.25 bits per heavy atom. The Labute approximate surface area is 92.5 Å². The summed E-state index contributed by atoms with van der Waals surface area (Å²) in [6, 6.07) is 4.43. The summed E-state index contributed by atoms with van der Waals surface area (Å²) in [5.74, 6) is -1.13. The number of carboxylic acid groups (broad SMARTS) is 1. The molecular formula is C11H12N2O3. The predicted molar refractivity (Wildman–Crippen MR) is 59.7 cm³/mol. The second-order valence-corrected chi connectivity index (χ2v) is 3.63. The number of carbonyl (C=O) groups excluding carboxylic acids is 1. The Kier molecular flexibility index (Phi) is 2.52. The quantitative estimate of drug-likeness (QED) is 0.706. The maximum Gasteiger partial charge on any atom is 0.337 e. The molecule has 0 bridgehead atoms. The second kappa shape index (κ2) is 3.84. The van der Waals surface area contributed by atoms with Crippen LogP contribution in [-0.4, -0.2) is 23.0 Å². The van der Waals surface area contributed by atoms with Crippen molar-refractivity contribution < 1.29 is 14.7 Å². The van der Waals surface area contributed by atoms with Crippen LogP contribution >= 0.6 is 0 Å². The van der Waals surface area contributed by atoms with Gasteiger partial charge in [0.25, 0.3) is 0 Å². The van der Waals surface area contributed by atoms with Crippen molar-refractivity contribution in [3.05, 3.63) is 23.8 Å². The normalized spacial score (nSPS) is 18.3. The second-order valence-electron chi connectivity index (χ2n) is 3.63. The van der Waals surface area contributed by atoms with Crippen molar-refractivity contribution in [1.29, 1.82) is 0 Å². The summed E-state index contributed by atoms with van der Waals surface area (Å²) in [6.07, 6.45) is 0.610. The van der Waals surface area contributed by atoms with Crippen LogP contribution in [0.3, 0.4) is 0 Å². The van der Waals surface area contributed by atoms with Gasteiger partial charge < -0.3 is 15.7 Å². The molecule has 1 heterocycles. The Hall–Kier alpha value is -2.04. The molecular weight excluding hydrogens is 208 g/mol. The first-order valence-corrected chi connectivity index (χ1v) is 5.07. The molecule has 0 saturated carbocycles. The van der Waals surface area contributed by atoms with Crippen LogP contribution in [0.5, 0.6) is 0 Å². The average Bonchev–Trinajstić information content (AvgIpc) is 2.26. The van der Waals surface area contributed by atoms with Crippen LogP contribution in [0.2, 0.25) is 0 Å². The number of nitrogens with one attached hydrogen (secondary N) is 2. The molecule has 5 heteroatoms. The maximum atomic E-state index is 11.5. The van der Waals surface area contributed by atoms with E-state index in [1.54, 1.807) is 12.1 Å². The van der Waals surface area contributed by atoms with Crippen LogP contribution in [0.15, 0.2) is 18.2 Å². The number of rotatable bonds is 2. The Bertz CT molecular complexity index is 457. The summed E-state index contributed by atoms with van der Waals surface area (Å²) in [5, 5.41) is 14.7. The van der Waals surface area contributed by atoms with E-state index in [4.69, 9.17) is 5.11 Å². The Balaban J connectivity index is 2.47. The highest BCUT2D eigenvalue weighted by Gasteiger charge is 2.26. The third-order valence-corrected chi connectivity index (χ3v) is 2.60. The molecule has 0 aliphatic carbocycles. The minimum absolute atomic E-state index is 0.127. The number of aromatic carboxylic acids is 1. The Morgan fingerprint density at radius 3 is 2.88 bits per heavy atom. The molecule has 16 heavy (non-hydrogen) atoms. The zero-order chi connectivity index (χ0) is 11.7. The van der Waals surface area contributed by atoms with Gasteiger partial charge >= 0.3 is 5.97 Å². The lowest BCUT2D eigenvalue weighted by atomic mass is 10.1. The zero-order valence-electron chi connectivity index (χ0n) is 8.78. The number of amides is 1. The van der Waals surface area contributed by atoms with Gasteiger partial charge in [-0.2, -0.15) is 0 Å². The van der Waals surface area contributed by atoms with Gasteiger partial charge in [0.05, 0.1) is 16.9 Å². The van der Waals surface area contributed by atoms with E-state index < -0.39 is 5.97 Å². The lowest BCUT2D eigenvalue weighted by Gasteiger charge is -2.27. The third-order valence-electron chi connectivity index (χ3n) is 2.60. The van der Waals surface area contributed by atoms with Crippen LogP contribution < -0.4 is 10.6 Å². The van der Waals surface area contributed by atoms with Gasteiger partial charge in [-0.15, -0.1) is 0 Å². The van der Waals surface area contributed by atoms with E-state index in [1.807, 2.05) is 6.92 Å². The fraction of sp³-hybridized carbons (Fsp3) is 0.273. The maximum absolute atomic E-state index is 11.5. The number of hydrogen-bond donors (Lipinski definition) is 3. The standard InChI is InChI=1S/C11H12N2O3/c1-2-7-10(14)13-8-5-3-4-6(11(15)16)9(8)12-7/h3-5,7,12H,2H2,1H3,(H,13,14)(H,15,16). The van der Waals surface area contributed by atoms with E-state index >= 15 is 0 Å². The molecule has 0 fully saturated rings. The first kappa shape index (κ1) is 10.5. The molecule has 84 valence electrons. The van der Waals surface area contributed by atoms with Crippen LogP contribution in [0.1, 0.15) is 23.7 Å². The molecule has 1 unspecified atom stereocenters. The summed E-state index contributed by atoms with van der Waals surface area (Å²) in [6.45, 7) is 1.87. The van der Waals surface area contributed by atoms with Crippen molar-refractivity contribution in [2.24, 2.45) is 0 Å². The van der Waals surface area contributed by atoms with Gasteiger partial charge in [-0.25, -0.2) is 4.79 Å². The van der Waals surface area contributed by atoms with Crippen LogP contribution in [0, 0.1) is 0 Å². The molecule has 0 radical (unpaired) electrons. The van der Waals surface area contributed by atoms with E-state index in [0.29, 0.717) is 17.8 Å². The van der Waals surface area contributed by atoms with E-state index in [9.17, 15) is 9.59 Å². The fourth-order valence-electron chi connectivity index (χ4n) is 1.74. The summed E-state index contributed by atoms with van der Waals surface area (Å²) < 4.78 is 0. The number of hydrogen-bond acceptors (Lipinski definition) is 3. The van der Waals surface area contributed by atoms with Gasteiger partial charge in [-0.05, 0) is 18.6 Å². The van der Waals surface area contributed by atoms with Gasteiger partial charge in [-0.1, -0.05) is 13.0 Å². The summed E-state index contributed by atoms with van der Waals surface area (Å²) >= 11 is 0. The molecule has 1 aliphatic heterocycles. The molecule has 0 spiro atoms. The van der Waals surface area contributed by atoms with E-state index in [-0.39, 0.29) is 17.5 Å². The van der Waals surface area contributed by atoms with Crippen LogP contribution in [0.25, 0.3) is 0 Å². The number of benzene rings is 1. The topological polar surface area (TPSA) is 78.4 Å². The van der Waals surface area contributed by atoms with Crippen molar-refractivity contribution in [2.45, 2.75) is 19.4 Å². The van der Waals surface area contributed by atoms with Gasteiger partial charge in [0.15, 0.2) is 0 Å². The van der Waals surface area contributed by atoms with Gasteiger partial charge in [-0.3, -0.25) is 4.79 Å². The Morgan fingerprint density at radius 1 is 1.50 bits per heavy atom. The van der Waals surface area contributed by atoms with Crippen molar-refractivity contribution in [2.75, 3.05) is 10.6 Å². The van der Waals surface area contributed by atoms with E-state index in [2.05, 4.69) is 10.6 Å². The lowest BCUT2D eigenvalue weighted by molar-refractivity contribution is -0.117. The molecule has 0 aromatic heterocycles. The lowest BCUT2D eigenvalue weighted by Crippen LogP contribution is -2.38. The van der Waals surface area contributed by atoms with Crippen molar-refractivity contribution in [3.8, 4) is 0 Å². The highest BCUT2D eigenvalue weighted by molar-refractivity contribution is 6.08. The van der Waals surface area contributed by atoms with Crippen LogP contribution in [0.4, 0.5) is 11.4 Å². The van der Waals surface area contributed by atoms with E-state index in [1.165, 1.54) is 6.07 Å². The van der Waals surface area contributed by atoms with Crippen LogP contribution in [-0.2, 0) is 4.79 Å². The first-order chi connectivity index (χ1) is 7.63. The third kappa shape index (κ3) is 1.60. The molecule has 2 rings (SSSR count). The minimum Gasteiger partial charge on any atom is -0.478 e. The van der Waals surface area contributed by atoms with Crippen molar-refractivity contribution >= 4 is 23.3 Å². The molecule has 1 aliphatic rings.